The molecule has 0 aromatic heterocycles. The molecule has 1 aromatic carbocycles. The molecule has 2 N–H and O–H groups in total. The summed E-state index contributed by atoms with van der Waals surface area (Å²) in [6.45, 7) is 0.923. The van der Waals surface area contributed by atoms with Gasteiger partial charge in [-0.2, -0.15) is 0 Å². The average Bonchev–Trinajstić information content (AvgIpc) is 3.04. The van der Waals surface area contributed by atoms with Crippen LogP contribution in [0.3, 0.4) is 0 Å². The lowest BCUT2D eigenvalue weighted by molar-refractivity contribution is -0.145. The van der Waals surface area contributed by atoms with E-state index in [9.17, 15) is 28.3 Å². The van der Waals surface area contributed by atoms with Crippen LogP contribution in [0.2, 0.25) is 0 Å². The average molecular weight is 396 g/mol. The highest BCUT2D eigenvalue weighted by atomic mass is 19.1. The Morgan fingerprint density at radius 1 is 1.29 bits per heavy atom. The molecule has 1 aromatic rings. The van der Waals surface area contributed by atoms with Crippen LogP contribution in [0.4, 0.5) is 14.5 Å². The van der Waals surface area contributed by atoms with Crippen LogP contribution in [0.1, 0.15) is 19.3 Å². The predicted molar refractivity (Wildman–Crippen MR) is 94.5 cm³/mol. The van der Waals surface area contributed by atoms with Crippen molar-refractivity contribution in [2.45, 2.75) is 19.3 Å². The van der Waals surface area contributed by atoms with E-state index in [0.717, 1.165) is 17.0 Å². The number of rotatable bonds is 6. The molecule has 7 nitrogen and oxygen atoms in total. The molecule has 2 fully saturated rings. The van der Waals surface area contributed by atoms with Crippen molar-refractivity contribution in [3.63, 3.8) is 0 Å². The molecule has 3 rings (SSSR count). The van der Waals surface area contributed by atoms with Crippen molar-refractivity contribution in [3.05, 3.63) is 29.8 Å². The van der Waals surface area contributed by atoms with Crippen molar-refractivity contribution in [2.75, 3.05) is 31.2 Å². The summed E-state index contributed by atoms with van der Waals surface area (Å²) in [4.78, 5) is 37.3. The number of nitrogens with zero attached hydrogens (tertiary/aromatic N) is 1. The van der Waals surface area contributed by atoms with E-state index in [1.165, 1.54) is 0 Å². The minimum absolute atomic E-state index is 0.0333. The summed E-state index contributed by atoms with van der Waals surface area (Å²) in [6, 6.07) is 2.89. The van der Waals surface area contributed by atoms with Crippen LogP contribution in [0, 0.1) is 29.4 Å². The van der Waals surface area contributed by atoms with Gasteiger partial charge in [0.25, 0.3) is 0 Å². The van der Waals surface area contributed by atoms with Gasteiger partial charge in [0, 0.05) is 38.8 Å². The number of benzene rings is 1. The van der Waals surface area contributed by atoms with Gasteiger partial charge in [0.2, 0.25) is 11.8 Å². The second kappa shape index (κ2) is 8.64. The quantitative estimate of drug-likeness (QED) is 0.761. The number of halogens is 2. The second-order valence-corrected chi connectivity index (χ2v) is 7.14. The van der Waals surface area contributed by atoms with E-state index in [0.29, 0.717) is 32.1 Å². The highest BCUT2D eigenvalue weighted by Gasteiger charge is 2.37. The molecule has 2 amide bonds. The first-order valence-electron chi connectivity index (χ1n) is 9.20. The van der Waals surface area contributed by atoms with Crippen LogP contribution >= 0.6 is 0 Å². The summed E-state index contributed by atoms with van der Waals surface area (Å²) in [5.41, 5.74) is -0.0766. The third-order valence-corrected chi connectivity index (χ3v) is 5.34. The topological polar surface area (TPSA) is 95.9 Å². The van der Waals surface area contributed by atoms with Gasteiger partial charge in [0.05, 0.1) is 17.5 Å². The van der Waals surface area contributed by atoms with Crippen LogP contribution in [0.25, 0.3) is 0 Å². The molecule has 28 heavy (non-hydrogen) atoms. The van der Waals surface area contributed by atoms with E-state index in [4.69, 9.17) is 4.74 Å². The number of hydrogen-bond donors (Lipinski definition) is 2. The summed E-state index contributed by atoms with van der Waals surface area (Å²) >= 11 is 0. The monoisotopic (exact) mass is 396 g/mol. The van der Waals surface area contributed by atoms with Crippen molar-refractivity contribution >= 4 is 23.5 Å². The number of anilines is 1. The molecule has 0 saturated carbocycles. The molecule has 2 saturated heterocycles. The van der Waals surface area contributed by atoms with Gasteiger partial charge < -0.3 is 20.1 Å². The molecule has 0 bridgehead atoms. The van der Waals surface area contributed by atoms with Crippen molar-refractivity contribution < 1.29 is 33.0 Å². The van der Waals surface area contributed by atoms with Gasteiger partial charge in [-0.15, -0.1) is 0 Å². The minimum atomic E-state index is -0.982. The number of nitrogens with one attached hydrogen (secondary N) is 1. The maximum Gasteiger partial charge on any atom is 0.308 e. The number of hydrogen-bond acceptors (Lipinski definition) is 4. The van der Waals surface area contributed by atoms with E-state index in [-0.39, 0.29) is 31.1 Å². The van der Waals surface area contributed by atoms with E-state index < -0.39 is 41.3 Å². The first-order chi connectivity index (χ1) is 13.4. The van der Waals surface area contributed by atoms with Crippen molar-refractivity contribution in [3.8, 4) is 0 Å². The van der Waals surface area contributed by atoms with E-state index in [1.54, 1.807) is 0 Å². The molecule has 2 heterocycles. The summed E-state index contributed by atoms with van der Waals surface area (Å²) < 4.78 is 32.3. The fraction of sp³-hybridized carbons (Fsp3) is 0.526. The van der Waals surface area contributed by atoms with Crippen LogP contribution in [0.5, 0.6) is 0 Å². The number of carboxylic acid groups (broad SMARTS) is 1. The van der Waals surface area contributed by atoms with Gasteiger partial charge in [-0.05, 0) is 30.9 Å². The lowest BCUT2D eigenvalue weighted by atomic mass is 9.86. The van der Waals surface area contributed by atoms with Gasteiger partial charge in [-0.1, -0.05) is 0 Å². The third-order valence-electron chi connectivity index (χ3n) is 5.34. The molecule has 2 unspecified atom stereocenters. The lowest BCUT2D eigenvalue weighted by Crippen LogP contribution is -2.41. The zero-order chi connectivity index (χ0) is 20.3. The lowest BCUT2D eigenvalue weighted by Gasteiger charge is -2.28. The van der Waals surface area contributed by atoms with Gasteiger partial charge in [-0.3, -0.25) is 14.4 Å². The van der Waals surface area contributed by atoms with Gasteiger partial charge >= 0.3 is 5.97 Å². The fourth-order valence-corrected chi connectivity index (χ4v) is 3.74. The summed E-state index contributed by atoms with van der Waals surface area (Å²) in [5.74, 6) is -5.03. The van der Waals surface area contributed by atoms with Gasteiger partial charge in [-0.25, -0.2) is 8.78 Å². The Morgan fingerprint density at radius 2 is 2.00 bits per heavy atom. The number of carbonyl (C=O) groups is 3. The smallest absolute Gasteiger partial charge is 0.308 e. The Morgan fingerprint density at radius 3 is 2.64 bits per heavy atom. The SMILES string of the molecule is O=C(NCC(C(=O)O)C1CCOCC1)C1CC(=O)N(c2ccc(F)cc2F)C1. The highest BCUT2D eigenvalue weighted by Crippen LogP contribution is 2.28. The first kappa shape index (κ1) is 20.2. The standard InChI is InChI=1S/C19H22F2N2O5/c20-13-1-2-16(15(21)8-13)23-10-12(7-17(23)24)18(25)22-9-14(19(26)27)11-3-5-28-6-4-11/h1-2,8,11-12,14H,3-7,9-10H2,(H,22,25)(H,26,27). The van der Waals surface area contributed by atoms with Crippen molar-refractivity contribution in [2.24, 2.45) is 17.8 Å². The second-order valence-electron chi connectivity index (χ2n) is 7.14. The molecule has 0 aliphatic carbocycles. The number of ether oxygens (including phenoxy) is 1. The molecular weight excluding hydrogens is 374 g/mol. The maximum atomic E-state index is 13.9. The Balaban J connectivity index is 1.60. The Bertz CT molecular complexity index is 767. The van der Waals surface area contributed by atoms with Crippen LogP contribution < -0.4 is 10.2 Å². The van der Waals surface area contributed by atoms with Crippen molar-refractivity contribution in [1.29, 1.82) is 0 Å². The zero-order valence-electron chi connectivity index (χ0n) is 15.2. The van der Waals surface area contributed by atoms with E-state index >= 15 is 0 Å². The number of amides is 2. The van der Waals surface area contributed by atoms with Crippen LogP contribution in [-0.4, -0.2) is 49.2 Å². The molecule has 9 heteroatoms. The first-order valence-corrected chi connectivity index (χ1v) is 9.20. The molecule has 2 aliphatic heterocycles. The van der Waals surface area contributed by atoms with Crippen molar-refractivity contribution in [1.82, 2.24) is 5.32 Å². The Kier molecular flexibility index (Phi) is 6.23. The highest BCUT2D eigenvalue weighted by molar-refractivity contribution is 6.00. The van der Waals surface area contributed by atoms with Crippen LogP contribution in [-0.2, 0) is 19.1 Å². The Labute approximate surface area is 160 Å². The Hall–Kier alpha value is -2.55. The molecule has 0 radical (unpaired) electrons. The molecule has 152 valence electrons. The maximum absolute atomic E-state index is 13.9. The van der Waals surface area contributed by atoms with Gasteiger partial charge in [0.1, 0.15) is 11.6 Å². The minimum Gasteiger partial charge on any atom is -0.481 e. The number of carboxylic acids is 1. The summed E-state index contributed by atoms with van der Waals surface area (Å²) in [7, 11) is 0. The van der Waals surface area contributed by atoms with Gasteiger partial charge in [0.15, 0.2) is 0 Å². The van der Waals surface area contributed by atoms with Crippen LogP contribution in [0.15, 0.2) is 18.2 Å². The van der Waals surface area contributed by atoms with E-state index in [1.807, 2.05) is 0 Å². The summed E-state index contributed by atoms with van der Waals surface area (Å²) in [5, 5.41) is 12.1. The normalized spacial score (nSPS) is 21.6. The zero-order valence-corrected chi connectivity index (χ0v) is 15.2. The number of aliphatic carboxylic acids is 1. The molecule has 2 atom stereocenters. The number of carbonyl (C=O) groups excluding carboxylic acids is 2. The van der Waals surface area contributed by atoms with E-state index in [2.05, 4.69) is 5.32 Å². The molecule has 0 spiro atoms. The third kappa shape index (κ3) is 4.46. The fourth-order valence-electron chi connectivity index (χ4n) is 3.74. The molecular formula is C19H22F2N2O5. The summed E-state index contributed by atoms with van der Waals surface area (Å²) in [6.07, 6.45) is 1.12. The molecule has 2 aliphatic rings. The largest absolute Gasteiger partial charge is 0.481 e. The predicted octanol–water partition coefficient (Wildman–Crippen LogP) is 1.56.